The molecule has 0 unspecified atom stereocenters. The highest BCUT2D eigenvalue weighted by molar-refractivity contribution is 7.89. The number of nitrogens with one attached hydrogen (secondary N) is 1. The molecule has 0 aliphatic carbocycles. The predicted molar refractivity (Wildman–Crippen MR) is 115 cm³/mol. The van der Waals surface area contributed by atoms with Gasteiger partial charge in [-0.25, -0.2) is 8.42 Å². The normalized spacial score (nSPS) is 12.1. The number of sulfonamides is 1. The number of nitrogens with zero attached hydrogens (tertiary/aromatic N) is 3. The Morgan fingerprint density at radius 3 is 2.23 bits per heavy atom. The van der Waals surface area contributed by atoms with Crippen molar-refractivity contribution in [2.24, 2.45) is 11.8 Å². The molecular formula is C21H26N4O5S. The Kier molecular flexibility index (Phi) is 6.91. The molecule has 2 heterocycles. The summed E-state index contributed by atoms with van der Waals surface area (Å²) in [5, 5.41) is 10.1. The van der Waals surface area contributed by atoms with E-state index in [2.05, 4.69) is 15.5 Å². The zero-order valence-electron chi connectivity index (χ0n) is 17.9. The summed E-state index contributed by atoms with van der Waals surface area (Å²) in [5.41, 5.74) is 0.260. The molecule has 166 valence electrons. The molecule has 0 radical (unpaired) electrons. The third-order valence-corrected chi connectivity index (χ3v) is 6.12. The molecule has 0 fully saturated rings. The summed E-state index contributed by atoms with van der Waals surface area (Å²) in [6.07, 6.45) is 1.47. The smallest absolute Gasteiger partial charge is 0.322 e. The first-order valence-corrected chi connectivity index (χ1v) is 11.4. The van der Waals surface area contributed by atoms with Gasteiger partial charge in [0.1, 0.15) is 0 Å². The monoisotopic (exact) mass is 446 g/mol. The van der Waals surface area contributed by atoms with Crippen molar-refractivity contribution < 1.29 is 22.0 Å². The van der Waals surface area contributed by atoms with Crippen molar-refractivity contribution >= 4 is 21.9 Å². The first-order chi connectivity index (χ1) is 14.7. The van der Waals surface area contributed by atoms with Crippen molar-refractivity contribution in [1.82, 2.24) is 14.5 Å². The van der Waals surface area contributed by atoms with Crippen LogP contribution in [0.2, 0.25) is 0 Å². The fraction of sp³-hybridized carbons (Fsp3) is 0.381. The maximum absolute atomic E-state index is 13.1. The zero-order valence-corrected chi connectivity index (χ0v) is 18.7. The average Bonchev–Trinajstić information content (AvgIpc) is 3.38. The number of hydrogen-bond acceptors (Lipinski definition) is 7. The Balaban J connectivity index is 1.73. The van der Waals surface area contributed by atoms with Crippen molar-refractivity contribution in [3.63, 3.8) is 0 Å². The van der Waals surface area contributed by atoms with Gasteiger partial charge in [-0.15, -0.1) is 5.10 Å². The molecule has 9 nitrogen and oxygen atoms in total. The van der Waals surface area contributed by atoms with Crippen LogP contribution in [0.1, 0.15) is 38.1 Å². The maximum atomic E-state index is 13.1. The van der Waals surface area contributed by atoms with Crippen molar-refractivity contribution in [2.75, 3.05) is 18.4 Å². The van der Waals surface area contributed by atoms with Gasteiger partial charge in [0.15, 0.2) is 5.76 Å². The summed E-state index contributed by atoms with van der Waals surface area (Å²) < 4.78 is 38.2. The fourth-order valence-electron chi connectivity index (χ4n) is 2.96. The highest BCUT2D eigenvalue weighted by Crippen LogP contribution is 2.22. The van der Waals surface area contributed by atoms with E-state index in [1.165, 1.54) is 34.8 Å². The molecule has 3 aromatic rings. The number of carbonyl (C=O) groups excluding carboxylic acids is 1. The predicted octanol–water partition coefficient (Wildman–Crippen LogP) is 3.88. The Morgan fingerprint density at radius 1 is 1.03 bits per heavy atom. The van der Waals surface area contributed by atoms with Crippen LogP contribution in [-0.4, -0.2) is 41.9 Å². The average molecular weight is 447 g/mol. The van der Waals surface area contributed by atoms with Gasteiger partial charge in [-0.05, 0) is 48.2 Å². The van der Waals surface area contributed by atoms with Gasteiger partial charge in [-0.3, -0.25) is 10.1 Å². The molecule has 0 atom stereocenters. The van der Waals surface area contributed by atoms with E-state index in [1.54, 1.807) is 12.1 Å². The minimum absolute atomic E-state index is 0.0897. The van der Waals surface area contributed by atoms with Crippen LogP contribution >= 0.6 is 0 Å². The Hall–Kier alpha value is -2.98. The second-order valence-corrected chi connectivity index (χ2v) is 9.92. The standard InChI is InChI=1S/C21H26N4O5S/c1-14(2)12-25(13-15(3)4)31(27,28)17-9-7-16(8-10-17)19(26)22-21-24-23-20(30-21)18-6-5-11-29-18/h5-11,14-15H,12-13H2,1-4H3,(H,22,24,26). The minimum Gasteiger partial charge on any atom is -0.459 e. The van der Waals surface area contributed by atoms with Crippen LogP contribution in [-0.2, 0) is 10.0 Å². The van der Waals surface area contributed by atoms with E-state index < -0.39 is 15.9 Å². The van der Waals surface area contributed by atoms with Gasteiger partial charge in [0, 0.05) is 18.7 Å². The van der Waals surface area contributed by atoms with E-state index in [-0.39, 0.29) is 34.2 Å². The molecule has 0 saturated carbocycles. The van der Waals surface area contributed by atoms with Crippen LogP contribution in [0.3, 0.4) is 0 Å². The number of furan rings is 1. The summed E-state index contributed by atoms with van der Waals surface area (Å²) in [7, 11) is -3.66. The number of rotatable bonds is 9. The van der Waals surface area contributed by atoms with Crippen LogP contribution in [0.4, 0.5) is 6.01 Å². The third kappa shape index (κ3) is 5.59. The molecule has 0 saturated heterocycles. The third-order valence-electron chi connectivity index (χ3n) is 4.27. The SMILES string of the molecule is CC(C)CN(CC(C)C)S(=O)(=O)c1ccc(C(=O)Nc2nnc(-c3ccco3)o2)cc1. The Labute approximate surface area is 181 Å². The second-order valence-electron chi connectivity index (χ2n) is 7.98. The summed E-state index contributed by atoms with van der Waals surface area (Å²) >= 11 is 0. The number of anilines is 1. The molecular weight excluding hydrogens is 420 g/mol. The van der Waals surface area contributed by atoms with Gasteiger partial charge in [0.2, 0.25) is 10.0 Å². The van der Waals surface area contributed by atoms with Crippen molar-refractivity contribution in [2.45, 2.75) is 32.6 Å². The van der Waals surface area contributed by atoms with Gasteiger partial charge in [0.05, 0.1) is 11.2 Å². The maximum Gasteiger partial charge on any atom is 0.322 e. The number of amides is 1. The molecule has 0 aliphatic heterocycles. The lowest BCUT2D eigenvalue weighted by Crippen LogP contribution is -2.37. The van der Waals surface area contributed by atoms with Gasteiger partial charge in [-0.2, -0.15) is 4.31 Å². The Morgan fingerprint density at radius 2 is 1.68 bits per heavy atom. The number of aromatic nitrogens is 2. The van der Waals surface area contributed by atoms with Gasteiger partial charge >= 0.3 is 6.01 Å². The van der Waals surface area contributed by atoms with Crippen molar-refractivity contribution in [3.8, 4) is 11.7 Å². The van der Waals surface area contributed by atoms with Crippen LogP contribution < -0.4 is 5.32 Å². The number of benzene rings is 1. The quantitative estimate of drug-likeness (QED) is 0.530. The molecule has 1 N–H and O–H groups in total. The first kappa shape index (κ1) is 22.7. The van der Waals surface area contributed by atoms with Crippen LogP contribution in [0.5, 0.6) is 0 Å². The summed E-state index contributed by atoms with van der Waals surface area (Å²) in [6.45, 7) is 8.77. The van der Waals surface area contributed by atoms with E-state index in [4.69, 9.17) is 8.83 Å². The molecule has 10 heteroatoms. The minimum atomic E-state index is -3.66. The van der Waals surface area contributed by atoms with Crippen molar-refractivity contribution in [3.05, 3.63) is 48.2 Å². The van der Waals surface area contributed by atoms with Gasteiger partial charge in [-0.1, -0.05) is 32.8 Å². The van der Waals surface area contributed by atoms with Crippen LogP contribution in [0.25, 0.3) is 11.7 Å². The second kappa shape index (κ2) is 9.44. The highest BCUT2D eigenvalue weighted by atomic mass is 32.2. The summed E-state index contributed by atoms with van der Waals surface area (Å²) in [4.78, 5) is 12.6. The fourth-order valence-corrected chi connectivity index (χ4v) is 4.72. The first-order valence-electron chi connectivity index (χ1n) is 9.95. The van der Waals surface area contributed by atoms with Crippen LogP contribution in [0, 0.1) is 11.8 Å². The molecule has 1 aromatic carbocycles. The van der Waals surface area contributed by atoms with E-state index in [9.17, 15) is 13.2 Å². The van der Waals surface area contributed by atoms with E-state index >= 15 is 0 Å². The molecule has 1 amide bonds. The lowest BCUT2D eigenvalue weighted by Gasteiger charge is -2.25. The Bertz CT molecular complexity index is 1090. The van der Waals surface area contributed by atoms with E-state index in [1.807, 2.05) is 27.7 Å². The van der Waals surface area contributed by atoms with Crippen molar-refractivity contribution in [1.29, 1.82) is 0 Å². The zero-order chi connectivity index (χ0) is 22.6. The summed E-state index contributed by atoms with van der Waals surface area (Å²) in [6, 6.07) is 9.01. The van der Waals surface area contributed by atoms with E-state index in [0.717, 1.165) is 0 Å². The molecule has 31 heavy (non-hydrogen) atoms. The largest absolute Gasteiger partial charge is 0.459 e. The molecule has 0 aliphatic rings. The number of hydrogen-bond donors (Lipinski definition) is 1. The topological polar surface area (TPSA) is 119 Å². The molecule has 2 aromatic heterocycles. The van der Waals surface area contributed by atoms with Crippen LogP contribution in [0.15, 0.2) is 56.4 Å². The molecule has 0 spiro atoms. The molecule has 0 bridgehead atoms. The highest BCUT2D eigenvalue weighted by Gasteiger charge is 2.26. The van der Waals surface area contributed by atoms with Gasteiger partial charge < -0.3 is 8.83 Å². The molecule has 3 rings (SSSR count). The number of carbonyl (C=O) groups is 1. The summed E-state index contributed by atoms with van der Waals surface area (Å²) in [5.74, 6) is 0.407. The lowest BCUT2D eigenvalue weighted by molar-refractivity contribution is 0.102. The lowest BCUT2D eigenvalue weighted by atomic mass is 10.2. The van der Waals surface area contributed by atoms with Gasteiger partial charge in [0.25, 0.3) is 11.8 Å². The van der Waals surface area contributed by atoms with E-state index in [0.29, 0.717) is 18.8 Å².